The number of benzene rings is 2. The van der Waals surface area contributed by atoms with Crippen LogP contribution in [0.4, 0.5) is 14.5 Å². The largest absolute Gasteiger partial charge is 0.491 e. The molecule has 0 amide bonds. The third-order valence-corrected chi connectivity index (χ3v) is 6.26. The zero-order chi connectivity index (χ0) is 20.9. The highest BCUT2D eigenvalue weighted by Gasteiger charge is 2.19. The maximum atomic E-state index is 13.9. The molecule has 1 heterocycles. The third kappa shape index (κ3) is 5.65. The van der Waals surface area contributed by atoms with Gasteiger partial charge in [0.25, 0.3) is 0 Å². The molecule has 1 N–H and O–H groups in total. The summed E-state index contributed by atoms with van der Waals surface area (Å²) in [4.78, 5) is 4.20. The summed E-state index contributed by atoms with van der Waals surface area (Å²) in [7, 11) is -3.79. The molecule has 158 valence electrons. The second kappa shape index (κ2) is 9.51. The third-order valence-electron chi connectivity index (χ3n) is 4.80. The Bertz CT molecular complexity index is 915. The van der Waals surface area contributed by atoms with Gasteiger partial charge in [-0.1, -0.05) is 0 Å². The Morgan fingerprint density at radius 3 is 2.34 bits per heavy atom. The lowest BCUT2D eigenvalue weighted by Crippen LogP contribution is -2.48. The van der Waals surface area contributed by atoms with Crippen molar-refractivity contribution in [2.24, 2.45) is 0 Å². The van der Waals surface area contributed by atoms with Crippen LogP contribution >= 0.6 is 0 Å². The molecule has 3 rings (SSSR count). The second-order valence-corrected chi connectivity index (χ2v) is 8.50. The first-order valence-corrected chi connectivity index (χ1v) is 11.0. The van der Waals surface area contributed by atoms with Crippen molar-refractivity contribution in [1.82, 2.24) is 9.62 Å². The minimum Gasteiger partial charge on any atom is -0.491 e. The molecule has 0 atom stereocenters. The van der Waals surface area contributed by atoms with Crippen LogP contribution in [0.25, 0.3) is 0 Å². The van der Waals surface area contributed by atoms with Gasteiger partial charge in [-0.15, -0.1) is 0 Å². The molecular formula is C20H25F2N3O3S. The first-order valence-electron chi connectivity index (χ1n) is 9.54. The van der Waals surface area contributed by atoms with E-state index >= 15 is 0 Å². The molecule has 1 aliphatic heterocycles. The lowest BCUT2D eigenvalue weighted by Gasteiger charge is -2.36. The monoisotopic (exact) mass is 425 g/mol. The van der Waals surface area contributed by atoms with E-state index in [9.17, 15) is 17.2 Å². The standard InChI is InChI=1S/C20H25F2N3O3S/c1-2-28-20-8-7-18(15-19(20)22)29(26,27)23-9-10-24-11-13-25(14-12-24)17-5-3-16(21)4-6-17/h3-8,15,23H,2,9-14H2,1H3. The highest BCUT2D eigenvalue weighted by molar-refractivity contribution is 7.89. The molecule has 1 saturated heterocycles. The fourth-order valence-corrected chi connectivity index (χ4v) is 4.26. The molecule has 6 nitrogen and oxygen atoms in total. The molecule has 2 aromatic rings. The smallest absolute Gasteiger partial charge is 0.240 e. The van der Waals surface area contributed by atoms with Gasteiger partial charge in [0.15, 0.2) is 11.6 Å². The number of rotatable bonds is 8. The van der Waals surface area contributed by atoms with Gasteiger partial charge in [0.05, 0.1) is 11.5 Å². The number of sulfonamides is 1. The molecule has 0 unspecified atom stereocenters. The molecule has 0 radical (unpaired) electrons. The van der Waals surface area contributed by atoms with Gasteiger partial charge in [0.2, 0.25) is 10.0 Å². The maximum absolute atomic E-state index is 13.9. The van der Waals surface area contributed by atoms with Crippen molar-refractivity contribution in [3.63, 3.8) is 0 Å². The van der Waals surface area contributed by atoms with Gasteiger partial charge >= 0.3 is 0 Å². The van der Waals surface area contributed by atoms with Crippen molar-refractivity contribution in [2.45, 2.75) is 11.8 Å². The van der Waals surface area contributed by atoms with E-state index in [0.717, 1.165) is 37.9 Å². The van der Waals surface area contributed by atoms with Gasteiger partial charge < -0.3 is 9.64 Å². The fourth-order valence-electron chi connectivity index (χ4n) is 3.22. The van der Waals surface area contributed by atoms with Crippen LogP contribution in [0.1, 0.15) is 6.92 Å². The SMILES string of the molecule is CCOc1ccc(S(=O)(=O)NCCN2CCN(c3ccc(F)cc3)CC2)cc1F. The summed E-state index contributed by atoms with van der Waals surface area (Å²) in [6.07, 6.45) is 0. The highest BCUT2D eigenvalue weighted by Crippen LogP contribution is 2.21. The number of ether oxygens (including phenoxy) is 1. The minimum absolute atomic E-state index is 0.0328. The Labute approximate surface area is 170 Å². The molecule has 0 aromatic heterocycles. The number of anilines is 1. The summed E-state index contributed by atoms with van der Waals surface area (Å²) in [6, 6.07) is 10.0. The van der Waals surface area contributed by atoms with Crippen molar-refractivity contribution < 1.29 is 21.9 Å². The summed E-state index contributed by atoms with van der Waals surface area (Å²) in [5.74, 6) is -0.927. The van der Waals surface area contributed by atoms with Gasteiger partial charge in [-0.3, -0.25) is 4.90 Å². The second-order valence-electron chi connectivity index (χ2n) is 6.73. The average Bonchev–Trinajstić information content (AvgIpc) is 2.71. The molecule has 0 spiro atoms. The van der Waals surface area contributed by atoms with Crippen LogP contribution in [-0.4, -0.2) is 59.2 Å². The zero-order valence-electron chi connectivity index (χ0n) is 16.3. The normalized spacial score (nSPS) is 15.5. The van der Waals surface area contributed by atoms with E-state index in [0.29, 0.717) is 13.2 Å². The number of nitrogens with zero attached hydrogens (tertiary/aromatic N) is 2. The topological polar surface area (TPSA) is 61.9 Å². The Balaban J connectivity index is 1.47. The molecule has 0 bridgehead atoms. The lowest BCUT2D eigenvalue weighted by atomic mass is 10.2. The van der Waals surface area contributed by atoms with Crippen LogP contribution in [0.3, 0.4) is 0 Å². The lowest BCUT2D eigenvalue weighted by molar-refractivity contribution is 0.262. The summed E-state index contributed by atoms with van der Waals surface area (Å²) in [5, 5.41) is 0. The van der Waals surface area contributed by atoms with Gasteiger partial charge in [0, 0.05) is 45.0 Å². The van der Waals surface area contributed by atoms with Crippen LogP contribution in [0, 0.1) is 11.6 Å². The van der Waals surface area contributed by atoms with Crippen LogP contribution in [0.15, 0.2) is 47.4 Å². The van der Waals surface area contributed by atoms with E-state index in [1.165, 1.54) is 24.3 Å². The fraction of sp³-hybridized carbons (Fsp3) is 0.400. The van der Waals surface area contributed by atoms with E-state index < -0.39 is 15.8 Å². The van der Waals surface area contributed by atoms with E-state index in [1.54, 1.807) is 19.1 Å². The van der Waals surface area contributed by atoms with Gasteiger partial charge in [-0.05, 0) is 49.4 Å². The molecular weight excluding hydrogens is 400 g/mol. The van der Waals surface area contributed by atoms with Crippen molar-refractivity contribution >= 4 is 15.7 Å². The van der Waals surface area contributed by atoms with Crippen molar-refractivity contribution in [1.29, 1.82) is 0 Å². The molecule has 9 heteroatoms. The quantitative estimate of drug-likeness (QED) is 0.704. The van der Waals surface area contributed by atoms with Crippen LogP contribution < -0.4 is 14.4 Å². The molecule has 0 aliphatic carbocycles. The Morgan fingerprint density at radius 1 is 1.03 bits per heavy atom. The van der Waals surface area contributed by atoms with E-state index in [1.807, 2.05) is 0 Å². The summed E-state index contributed by atoms with van der Waals surface area (Å²) < 4.78 is 59.3. The number of piperazine rings is 1. The number of nitrogens with one attached hydrogen (secondary N) is 1. The Hall–Kier alpha value is -2.23. The minimum atomic E-state index is -3.79. The molecule has 1 aliphatic rings. The van der Waals surface area contributed by atoms with Gasteiger partial charge in [-0.25, -0.2) is 21.9 Å². The van der Waals surface area contributed by atoms with Crippen molar-refractivity contribution in [3.8, 4) is 5.75 Å². The summed E-state index contributed by atoms with van der Waals surface area (Å²) in [5.41, 5.74) is 0.976. The molecule has 1 fully saturated rings. The van der Waals surface area contributed by atoms with Gasteiger partial charge in [-0.2, -0.15) is 0 Å². The predicted octanol–water partition coefficient (Wildman–Crippen LogP) is 2.46. The van der Waals surface area contributed by atoms with E-state index in [2.05, 4.69) is 14.5 Å². The van der Waals surface area contributed by atoms with Crippen LogP contribution in [0.2, 0.25) is 0 Å². The zero-order valence-corrected chi connectivity index (χ0v) is 17.1. The molecule has 2 aromatic carbocycles. The van der Waals surface area contributed by atoms with Crippen LogP contribution in [-0.2, 0) is 10.0 Å². The molecule has 0 saturated carbocycles. The Morgan fingerprint density at radius 2 is 1.72 bits per heavy atom. The van der Waals surface area contributed by atoms with E-state index in [4.69, 9.17) is 4.74 Å². The predicted molar refractivity (Wildman–Crippen MR) is 108 cm³/mol. The molecule has 29 heavy (non-hydrogen) atoms. The average molecular weight is 426 g/mol. The summed E-state index contributed by atoms with van der Waals surface area (Å²) >= 11 is 0. The van der Waals surface area contributed by atoms with Crippen molar-refractivity contribution in [3.05, 3.63) is 54.1 Å². The number of hydrogen-bond acceptors (Lipinski definition) is 5. The van der Waals surface area contributed by atoms with Gasteiger partial charge in [0.1, 0.15) is 5.82 Å². The maximum Gasteiger partial charge on any atom is 0.240 e. The Kier molecular flexibility index (Phi) is 7.05. The summed E-state index contributed by atoms with van der Waals surface area (Å²) in [6.45, 7) is 5.92. The van der Waals surface area contributed by atoms with Crippen molar-refractivity contribution in [2.75, 3.05) is 50.8 Å². The first kappa shape index (κ1) is 21.5. The van der Waals surface area contributed by atoms with Crippen LogP contribution in [0.5, 0.6) is 5.75 Å². The number of halogens is 2. The highest BCUT2D eigenvalue weighted by atomic mass is 32.2. The number of hydrogen-bond donors (Lipinski definition) is 1. The first-order chi connectivity index (χ1) is 13.9. The van der Waals surface area contributed by atoms with E-state index in [-0.39, 0.29) is 23.0 Å².